The summed E-state index contributed by atoms with van der Waals surface area (Å²) in [6, 6.07) is 7.81. The van der Waals surface area contributed by atoms with Crippen LogP contribution in [0.1, 0.15) is 48.9 Å². The highest BCUT2D eigenvalue weighted by Gasteiger charge is 2.32. The van der Waals surface area contributed by atoms with Gasteiger partial charge in [0.2, 0.25) is 0 Å². The Morgan fingerprint density at radius 3 is 2.46 bits per heavy atom. The topological polar surface area (TPSA) is 96.6 Å². The van der Waals surface area contributed by atoms with E-state index in [-0.39, 0.29) is 17.0 Å². The Labute approximate surface area is 227 Å². The summed E-state index contributed by atoms with van der Waals surface area (Å²) in [7, 11) is 3.19. The van der Waals surface area contributed by atoms with E-state index in [4.69, 9.17) is 21.7 Å². The molecule has 196 valence electrons. The van der Waals surface area contributed by atoms with Crippen LogP contribution in [0.15, 0.2) is 27.9 Å². The summed E-state index contributed by atoms with van der Waals surface area (Å²) in [5.41, 5.74) is 1.95. The minimum atomic E-state index is -0.342. The van der Waals surface area contributed by atoms with Crippen LogP contribution in [0, 0.1) is 18.3 Å². The van der Waals surface area contributed by atoms with E-state index >= 15 is 0 Å². The molecule has 1 aromatic heterocycles. The highest BCUT2D eigenvalue weighted by Crippen LogP contribution is 2.35. The molecule has 2 aromatic rings. The molecule has 1 N–H and O–H groups in total. The van der Waals surface area contributed by atoms with Crippen LogP contribution < -0.4 is 20.3 Å². The first-order valence-corrected chi connectivity index (χ1v) is 13.4. The van der Waals surface area contributed by atoms with Crippen molar-refractivity contribution in [3.8, 4) is 17.6 Å². The number of carbonyl (C=O) groups excluding carboxylic acids is 1. The lowest BCUT2D eigenvalue weighted by molar-refractivity contribution is -0.122. The average Bonchev–Trinajstić information content (AvgIpc) is 3.16. The number of thiocarbonyl (C=S) groups is 1. The number of hydrogen-bond acceptors (Lipinski definition) is 8. The maximum Gasteiger partial charge on any atom is 0.270 e. The van der Waals surface area contributed by atoms with Crippen molar-refractivity contribution in [3.05, 3.63) is 55.7 Å². The van der Waals surface area contributed by atoms with Crippen LogP contribution in [0.2, 0.25) is 0 Å². The largest absolute Gasteiger partial charge is 0.493 e. The van der Waals surface area contributed by atoms with Crippen molar-refractivity contribution in [2.75, 3.05) is 32.6 Å². The van der Waals surface area contributed by atoms with Crippen LogP contribution in [-0.2, 0) is 17.8 Å². The first-order chi connectivity index (χ1) is 17.8. The Morgan fingerprint density at radius 2 is 1.84 bits per heavy atom. The molecular weight excluding hydrogens is 508 g/mol. The van der Waals surface area contributed by atoms with Gasteiger partial charge in [0.25, 0.3) is 11.5 Å². The van der Waals surface area contributed by atoms with Gasteiger partial charge >= 0.3 is 0 Å². The van der Waals surface area contributed by atoms with Gasteiger partial charge in [-0.3, -0.25) is 19.1 Å². The molecule has 10 heteroatoms. The maximum absolute atomic E-state index is 13.2. The fourth-order valence-electron chi connectivity index (χ4n) is 4.20. The normalized spacial score (nSPS) is 14.3. The minimum absolute atomic E-state index is 0.0779. The molecule has 1 aromatic carbocycles. The van der Waals surface area contributed by atoms with Gasteiger partial charge in [-0.1, -0.05) is 43.9 Å². The molecule has 0 bridgehead atoms. The van der Waals surface area contributed by atoms with Gasteiger partial charge in [0, 0.05) is 25.2 Å². The fourth-order valence-corrected chi connectivity index (χ4v) is 5.49. The predicted molar refractivity (Wildman–Crippen MR) is 152 cm³/mol. The summed E-state index contributed by atoms with van der Waals surface area (Å²) < 4.78 is 12.8. The van der Waals surface area contributed by atoms with Gasteiger partial charge in [-0.2, -0.15) is 5.26 Å². The number of nitrogens with one attached hydrogen (secondary N) is 1. The molecule has 1 fully saturated rings. The van der Waals surface area contributed by atoms with Crippen LogP contribution in [0.3, 0.4) is 0 Å². The average molecular weight is 541 g/mol. The van der Waals surface area contributed by atoms with Crippen molar-refractivity contribution in [3.63, 3.8) is 0 Å². The number of nitriles is 1. The van der Waals surface area contributed by atoms with E-state index in [1.807, 2.05) is 32.0 Å². The van der Waals surface area contributed by atoms with Gasteiger partial charge in [0.05, 0.1) is 19.1 Å². The standard InChI is InChI=1S/C27H32N4O4S2/c1-6-12-30-24(29-11-10-18-8-9-21(34-4)22(14-18)35-5)19(17(3)20(16-28)25(30)32)15-23-26(33)31(13-7-2)27(36)37-23/h8-9,14-15,29H,6-7,10-13H2,1-5H3/b23-15+. The molecule has 37 heavy (non-hydrogen) atoms. The first kappa shape index (κ1) is 28.3. The number of nitrogens with zero attached hydrogens (tertiary/aromatic N) is 3. The first-order valence-electron chi connectivity index (χ1n) is 12.2. The number of benzene rings is 1. The smallest absolute Gasteiger partial charge is 0.270 e. The molecule has 1 saturated heterocycles. The third kappa shape index (κ3) is 6.00. The molecular formula is C27H32N4O4S2. The van der Waals surface area contributed by atoms with Crippen molar-refractivity contribution in [2.45, 2.75) is 46.6 Å². The SMILES string of the molecule is CCCN1C(=O)/C(=C\c2c(C)c(C#N)c(=O)n(CCC)c2NCCc2ccc(OC)c(OC)c2)SC1=S. The lowest BCUT2D eigenvalue weighted by Crippen LogP contribution is -2.29. The van der Waals surface area contributed by atoms with E-state index in [0.717, 1.165) is 12.0 Å². The molecule has 0 unspecified atom stereocenters. The molecule has 3 rings (SSSR count). The van der Waals surface area contributed by atoms with Gasteiger partial charge in [-0.25, -0.2) is 0 Å². The van der Waals surface area contributed by atoms with Crippen molar-refractivity contribution in [1.29, 1.82) is 5.26 Å². The van der Waals surface area contributed by atoms with E-state index in [0.29, 0.717) is 70.1 Å². The number of aromatic nitrogens is 1. The van der Waals surface area contributed by atoms with Crippen LogP contribution in [0.4, 0.5) is 5.82 Å². The third-order valence-electron chi connectivity index (χ3n) is 6.07. The number of ether oxygens (including phenoxy) is 2. The molecule has 0 aliphatic carbocycles. The number of anilines is 1. The third-order valence-corrected chi connectivity index (χ3v) is 7.45. The number of carbonyl (C=O) groups is 1. The van der Waals surface area contributed by atoms with Gasteiger partial charge in [0.15, 0.2) is 11.5 Å². The van der Waals surface area contributed by atoms with Crippen LogP contribution in [0.5, 0.6) is 11.5 Å². The summed E-state index contributed by atoms with van der Waals surface area (Å²) in [5, 5.41) is 13.2. The van der Waals surface area contributed by atoms with Gasteiger partial charge in [-0.05, 0) is 55.5 Å². The minimum Gasteiger partial charge on any atom is -0.493 e. The molecule has 1 aliphatic heterocycles. The fraction of sp³-hybridized carbons (Fsp3) is 0.407. The van der Waals surface area contributed by atoms with Crippen LogP contribution in [0.25, 0.3) is 6.08 Å². The van der Waals surface area contributed by atoms with Gasteiger partial charge in [0.1, 0.15) is 21.8 Å². The summed E-state index contributed by atoms with van der Waals surface area (Å²) in [6.07, 6.45) is 3.91. The Morgan fingerprint density at radius 1 is 1.14 bits per heavy atom. The Hall–Kier alpha value is -3.29. The van der Waals surface area contributed by atoms with Crippen molar-refractivity contribution in [1.82, 2.24) is 9.47 Å². The summed E-state index contributed by atoms with van der Waals surface area (Å²) in [6.45, 7) is 7.21. The lowest BCUT2D eigenvalue weighted by Gasteiger charge is -2.20. The van der Waals surface area contributed by atoms with Crippen LogP contribution >= 0.6 is 24.0 Å². The zero-order valence-electron chi connectivity index (χ0n) is 21.8. The second-order valence-electron chi connectivity index (χ2n) is 8.53. The second kappa shape index (κ2) is 12.8. The second-order valence-corrected chi connectivity index (χ2v) is 10.2. The predicted octanol–water partition coefficient (Wildman–Crippen LogP) is 4.72. The summed E-state index contributed by atoms with van der Waals surface area (Å²) in [5.74, 6) is 1.73. The number of thioether (sulfide) groups is 1. The molecule has 1 amide bonds. The van der Waals surface area contributed by atoms with E-state index in [9.17, 15) is 14.9 Å². The van der Waals surface area contributed by atoms with E-state index in [1.165, 1.54) is 11.8 Å². The maximum atomic E-state index is 13.2. The Bertz CT molecular complexity index is 1330. The van der Waals surface area contributed by atoms with E-state index < -0.39 is 0 Å². The molecule has 0 spiro atoms. The van der Waals surface area contributed by atoms with Crippen LogP contribution in [-0.4, -0.2) is 47.0 Å². The van der Waals surface area contributed by atoms with Gasteiger partial charge in [-0.15, -0.1) is 0 Å². The van der Waals surface area contributed by atoms with Crippen molar-refractivity contribution < 1.29 is 14.3 Å². The number of hydrogen-bond donors (Lipinski definition) is 1. The highest BCUT2D eigenvalue weighted by atomic mass is 32.2. The van der Waals surface area contributed by atoms with E-state index in [1.54, 1.807) is 36.7 Å². The number of pyridine rings is 1. The number of amides is 1. The molecule has 0 atom stereocenters. The molecule has 8 nitrogen and oxygen atoms in total. The zero-order valence-corrected chi connectivity index (χ0v) is 23.5. The van der Waals surface area contributed by atoms with Crippen molar-refractivity contribution in [2.24, 2.45) is 0 Å². The molecule has 1 aliphatic rings. The Kier molecular flexibility index (Phi) is 9.78. The Balaban J connectivity index is 2.03. The molecule has 2 heterocycles. The summed E-state index contributed by atoms with van der Waals surface area (Å²) in [4.78, 5) is 28.3. The summed E-state index contributed by atoms with van der Waals surface area (Å²) >= 11 is 6.67. The highest BCUT2D eigenvalue weighted by molar-refractivity contribution is 8.26. The number of rotatable bonds is 11. The zero-order chi connectivity index (χ0) is 27.1. The molecule has 0 radical (unpaired) electrons. The van der Waals surface area contributed by atoms with Crippen molar-refractivity contribution >= 4 is 46.1 Å². The lowest BCUT2D eigenvalue weighted by atomic mass is 10.0. The molecule has 0 saturated carbocycles. The monoisotopic (exact) mass is 540 g/mol. The number of methoxy groups -OCH3 is 2. The quantitative estimate of drug-likeness (QED) is 0.323. The van der Waals surface area contributed by atoms with E-state index in [2.05, 4.69) is 11.4 Å². The van der Waals surface area contributed by atoms with Gasteiger partial charge < -0.3 is 14.8 Å².